The third kappa shape index (κ3) is 2.56. The highest BCUT2D eigenvalue weighted by molar-refractivity contribution is 5.69. The molecule has 1 aliphatic carbocycles. The minimum atomic E-state index is 0.453. The molecule has 0 spiro atoms. The Kier molecular flexibility index (Phi) is 3.91. The van der Waals surface area contributed by atoms with Crippen molar-refractivity contribution in [1.82, 2.24) is 19.6 Å². The number of methoxy groups -OCH3 is 3. The van der Waals surface area contributed by atoms with E-state index in [0.29, 0.717) is 28.9 Å². The fraction of sp³-hybridized carbons (Fsp3) is 0.389. The van der Waals surface area contributed by atoms with Gasteiger partial charge in [0.05, 0.1) is 27.0 Å². The van der Waals surface area contributed by atoms with Gasteiger partial charge in [-0.2, -0.15) is 9.50 Å². The largest absolute Gasteiger partial charge is 0.493 e. The molecule has 1 fully saturated rings. The monoisotopic (exact) mass is 340 g/mol. The van der Waals surface area contributed by atoms with E-state index in [2.05, 4.69) is 9.97 Å². The van der Waals surface area contributed by atoms with Crippen molar-refractivity contribution in [3.8, 4) is 28.5 Å². The van der Waals surface area contributed by atoms with E-state index in [1.807, 2.05) is 18.2 Å². The Labute approximate surface area is 145 Å². The van der Waals surface area contributed by atoms with E-state index in [1.54, 1.807) is 32.0 Å². The second kappa shape index (κ2) is 6.23. The van der Waals surface area contributed by atoms with Crippen molar-refractivity contribution < 1.29 is 14.2 Å². The van der Waals surface area contributed by atoms with Gasteiger partial charge in [-0.3, -0.25) is 0 Å². The molecule has 3 aromatic rings. The minimum Gasteiger partial charge on any atom is -0.493 e. The molecule has 1 aromatic carbocycles. The standard InChI is InChI=1S/C18H20N4O3/c1-23-14-9-12(10-15(24-2)16(14)25-3)13-7-8-19-18-20-17(21-22(13)18)11-5-4-6-11/h7-11H,4-6H2,1-3H3. The van der Waals surface area contributed by atoms with E-state index in [1.165, 1.54) is 6.42 Å². The maximum absolute atomic E-state index is 5.46. The molecule has 0 aliphatic heterocycles. The zero-order valence-corrected chi connectivity index (χ0v) is 14.5. The number of nitrogens with zero attached hydrogens (tertiary/aromatic N) is 4. The molecule has 7 nitrogen and oxygen atoms in total. The number of ether oxygens (including phenoxy) is 3. The Morgan fingerprint density at radius 1 is 1.04 bits per heavy atom. The third-order valence-electron chi connectivity index (χ3n) is 4.69. The molecule has 1 aliphatic rings. The van der Waals surface area contributed by atoms with E-state index in [4.69, 9.17) is 19.3 Å². The Morgan fingerprint density at radius 3 is 2.32 bits per heavy atom. The zero-order chi connectivity index (χ0) is 17.4. The topological polar surface area (TPSA) is 70.8 Å². The van der Waals surface area contributed by atoms with Gasteiger partial charge in [-0.1, -0.05) is 6.42 Å². The first-order chi connectivity index (χ1) is 12.2. The summed E-state index contributed by atoms with van der Waals surface area (Å²) in [6, 6.07) is 5.72. The Balaban J connectivity index is 1.87. The third-order valence-corrected chi connectivity index (χ3v) is 4.69. The van der Waals surface area contributed by atoms with Crippen LogP contribution in [-0.2, 0) is 0 Å². The Bertz CT molecular complexity index is 893. The van der Waals surface area contributed by atoms with E-state index in [-0.39, 0.29) is 0 Å². The van der Waals surface area contributed by atoms with Gasteiger partial charge in [-0.25, -0.2) is 4.98 Å². The molecule has 7 heteroatoms. The van der Waals surface area contributed by atoms with E-state index < -0.39 is 0 Å². The first-order valence-corrected chi connectivity index (χ1v) is 8.27. The number of fused-ring (bicyclic) bond motifs is 1. The summed E-state index contributed by atoms with van der Waals surface area (Å²) in [5, 5.41) is 4.69. The van der Waals surface area contributed by atoms with Gasteiger partial charge in [-0.05, 0) is 31.0 Å². The van der Waals surface area contributed by atoms with E-state index in [9.17, 15) is 0 Å². The number of hydrogen-bond donors (Lipinski definition) is 0. The van der Waals surface area contributed by atoms with Crippen LogP contribution in [0.1, 0.15) is 31.0 Å². The fourth-order valence-electron chi connectivity index (χ4n) is 3.10. The average Bonchev–Trinajstić information content (AvgIpc) is 3.01. The van der Waals surface area contributed by atoms with Crippen molar-refractivity contribution >= 4 is 5.78 Å². The first-order valence-electron chi connectivity index (χ1n) is 8.27. The first kappa shape index (κ1) is 15.7. The van der Waals surface area contributed by atoms with Crippen LogP contribution >= 0.6 is 0 Å². The average molecular weight is 340 g/mol. The Morgan fingerprint density at radius 2 is 1.76 bits per heavy atom. The van der Waals surface area contributed by atoms with Crippen molar-refractivity contribution in [2.75, 3.05) is 21.3 Å². The quantitative estimate of drug-likeness (QED) is 0.711. The molecule has 1 saturated carbocycles. The maximum Gasteiger partial charge on any atom is 0.252 e. The van der Waals surface area contributed by atoms with E-state index in [0.717, 1.165) is 29.9 Å². The molecule has 0 N–H and O–H groups in total. The van der Waals surface area contributed by atoms with Gasteiger partial charge in [0.15, 0.2) is 17.3 Å². The summed E-state index contributed by atoms with van der Waals surface area (Å²) in [5.41, 5.74) is 1.77. The lowest BCUT2D eigenvalue weighted by Crippen LogP contribution is -2.10. The molecule has 0 atom stereocenters. The summed E-state index contributed by atoms with van der Waals surface area (Å²) in [6.45, 7) is 0. The van der Waals surface area contributed by atoms with Crippen LogP contribution in [0.2, 0.25) is 0 Å². The Hall–Kier alpha value is -2.83. The van der Waals surface area contributed by atoms with Gasteiger partial charge in [0, 0.05) is 17.7 Å². The SMILES string of the molecule is COc1cc(-c2ccnc3nc(C4CCC4)nn23)cc(OC)c1OC. The van der Waals surface area contributed by atoms with Gasteiger partial charge in [-0.15, -0.1) is 5.10 Å². The molecule has 0 saturated heterocycles. The maximum atomic E-state index is 5.46. The van der Waals surface area contributed by atoms with Crippen molar-refractivity contribution in [1.29, 1.82) is 0 Å². The molecule has 4 rings (SSSR count). The highest BCUT2D eigenvalue weighted by Gasteiger charge is 2.25. The van der Waals surface area contributed by atoms with Crippen LogP contribution in [0.5, 0.6) is 17.2 Å². The van der Waals surface area contributed by atoms with Crippen LogP contribution in [0.3, 0.4) is 0 Å². The molecule has 2 heterocycles. The lowest BCUT2D eigenvalue weighted by atomic mass is 9.85. The molecule has 130 valence electrons. The number of rotatable bonds is 5. The molecule has 0 unspecified atom stereocenters. The van der Waals surface area contributed by atoms with Crippen LogP contribution in [0, 0.1) is 0 Å². The summed E-state index contributed by atoms with van der Waals surface area (Å²) in [6.07, 6.45) is 5.28. The fourth-order valence-corrected chi connectivity index (χ4v) is 3.10. The number of aromatic nitrogens is 4. The smallest absolute Gasteiger partial charge is 0.252 e. The van der Waals surface area contributed by atoms with Crippen molar-refractivity contribution in [2.24, 2.45) is 0 Å². The van der Waals surface area contributed by atoms with Gasteiger partial charge >= 0.3 is 0 Å². The van der Waals surface area contributed by atoms with Crippen LogP contribution in [0.25, 0.3) is 17.0 Å². The van der Waals surface area contributed by atoms with Crippen molar-refractivity contribution in [2.45, 2.75) is 25.2 Å². The summed E-state index contributed by atoms with van der Waals surface area (Å²) < 4.78 is 18.1. The molecule has 0 amide bonds. The predicted molar refractivity (Wildman–Crippen MR) is 92.5 cm³/mol. The van der Waals surface area contributed by atoms with Gasteiger partial charge in [0.25, 0.3) is 5.78 Å². The molecule has 0 bridgehead atoms. The molecule has 2 aromatic heterocycles. The second-order valence-electron chi connectivity index (χ2n) is 6.05. The molecular weight excluding hydrogens is 320 g/mol. The highest BCUT2D eigenvalue weighted by Crippen LogP contribution is 2.41. The molecule has 0 radical (unpaired) electrons. The highest BCUT2D eigenvalue weighted by atomic mass is 16.5. The normalized spacial score (nSPS) is 14.4. The summed E-state index contributed by atoms with van der Waals surface area (Å²) in [4.78, 5) is 8.94. The van der Waals surface area contributed by atoms with Crippen LogP contribution in [-0.4, -0.2) is 40.9 Å². The van der Waals surface area contributed by atoms with Crippen LogP contribution < -0.4 is 14.2 Å². The van der Waals surface area contributed by atoms with Gasteiger partial charge in [0.1, 0.15) is 0 Å². The molecule has 25 heavy (non-hydrogen) atoms. The number of hydrogen-bond acceptors (Lipinski definition) is 6. The van der Waals surface area contributed by atoms with Crippen LogP contribution in [0.15, 0.2) is 24.4 Å². The van der Waals surface area contributed by atoms with Crippen molar-refractivity contribution in [3.63, 3.8) is 0 Å². The van der Waals surface area contributed by atoms with Crippen molar-refractivity contribution in [3.05, 3.63) is 30.2 Å². The summed E-state index contributed by atoms with van der Waals surface area (Å²) in [5.74, 6) is 3.69. The lowest BCUT2D eigenvalue weighted by molar-refractivity contribution is 0.324. The lowest BCUT2D eigenvalue weighted by Gasteiger charge is -2.21. The van der Waals surface area contributed by atoms with E-state index >= 15 is 0 Å². The molecular formula is C18H20N4O3. The van der Waals surface area contributed by atoms with Gasteiger partial charge < -0.3 is 14.2 Å². The summed E-state index contributed by atoms with van der Waals surface area (Å²) in [7, 11) is 4.80. The van der Waals surface area contributed by atoms with Gasteiger partial charge in [0.2, 0.25) is 5.75 Å². The zero-order valence-electron chi connectivity index (χ0n) is 14.5. The summed E-state index contributed by atoms with van der Waals surface area (Å²) >= 11 is 0. The second-order valence-corrected chi connectivity index (χ2v) is 6.05. The number of benzene rings is 1. The minimum absolute atomic E-state index is 0.453. The predicted octanol–water partition coefficient (Wildman–Crippen LogP) is 3.08. The van der Waals surface area contributed by atoms with Crippen LogP contribution in [0.4, 0.5) is 0 Å².